The Hall–Kier alpha value is -1.58. The Balaban J connectivity index is 2.37. The summed E-state index contributed by atoms with van der Waals surface area (Å²) in [4.78, 5) is 12.3. The summed E-state index contributed by atoms with van der Waals surface area (Å²) in [7, 11) is 4.09. The smallest absolute Gasteiger partial charge is 0.293 e. The van der Waals surface area contributed by atoms with Crippen molar-refractivity contribution in [1.29, 1.82) is 0 Å². The summed E-state index contributed by atoms with van der Waals surface area (Å²) in [5.74, 6) is 0. The Morgan fingerprint density at radius 2 is 2.05 bits per heavy atom. The van der Waals surface area contributed by atoms with E-state index in [0.29, 0.717) is 19.5 Å². The van der Waals surface area contributed by atoms with E-state index in [0.717, 1.165) is 22.5 Å². The number of benzene rings is 2. The molecule has 0 N–H and O–H groups in total. The number of ether oxygens (including phenoxy) is 1. The minimum Gasteiger partial charge on any atom is -0.468 e. The molecule has 0 fully saturated rings. The zero-order valence-corrected chi connectivity index (χ0v) is 12.5. The van der Waals surface area contributed by atoms with Crippen LogP contribution in [0.3, 0.4) is 0 Å². The van der Waals surface area contributed by atoms with Crippen LogP contribution < -0.4 is 0 Å². The van der Waals surface area contributed by atoms with E-state index in [-0.39, 0.29) is 0 Å². The highest BCUT2D eigenvalue weighted by Crippen LogP contribution is 2.27. The van der Waals surface area contributed by atoms with Gasteiger partial charge in [0.25, 0.3) is 6.47 Å². The molecule has 3 nitrogen and oxygen atoms in total. The highest BCUT2D eigenvalue weighted by Gasteiger charge is 2.07. The summed E-state index contributed by atoms with van der Waals surface area (Å²) in [6.07, 6.45) is 0.630. The van der Waals surface area contributed by atoms with Crippen LogP contribution in [0.25, 0.3) is 10.8 Å². The molecule has 0 aliphatic rings. The van der Waals surface area contributed by atoms with E-state index in [9.17, 15) is 4.79 Å². The average Bonchev–Trinajstić information content (AvgIpc) is 2.40. The van der Waals surface area contributed by atoms with Gasteiger partial charge in [0.05, 0.1) is 6.61 Å². The van der Waals surface area contributed by atoms with Crippen LogP contribution in [0.1, 0.15) is 11.1 Å². The largest absolute Gasteiger partial charge is 0.468 e. The van der Waals surface area contributed by atoms with Crippen LogP contribution in [0.4, 0.5) is 0 Å². The van der Waals surface area contributed by atoms with E-state index in [4.69, 9.17) is 16.3 Å². The summed E-state index contributed by atoms with van der Waals surface area (Å²) in [6.45, 7) is 1.69. The van der Waals surface area contributed by atoms with Gasteiger partial charge in [-0.1, -0.05) is 29.8 Å². The van der Waals surface area contributed by atoms with Crippen molar-refractivity contribution in [3.8, 4) is 0 Å². The fraction of sp³-hybridized carbons (Fsp3) is 0.312. The molecule has 0 unspecified atom stereocenters. The quantitative estimate of drug-likeness (QED) is 0.604. The highest BCUT2D eigenvalue weighted by atomic mass is 35.5. The predicted molar refractivity (Wildman–Crippen MR) is 82.1 cm³/mol. The summed E-state index contributed by atoms with van der Waals surface area (Å²) in [6, 6.07) is 10.3. The van der Waals surface area contributed by atoms with E-state index >= 15 is 0 Å². The number of fused-ring (bicyclic) bond motifs is 1. The van der Waals surface area contributed by atoms with Crippen LogP contribution in [0.2, 0.25) is 5.02 Å². The Kier molecular flexibility index (Phi) is 4.99. The van der Waals surface area contributed by atoms with Gasteiger partial charge in [0.2, 0.25) is 0 Å². The molecule has 0 radical (unpaired) electrons. The van der Waals surface area contributed by atoms with Crippen LogP contribution in [0, 0.1) is 0 Å². The first-order valence-electron chi connectivity index (χ1n) is 6.52. The summed E-state index contributed by atoms with van der Waals surface area (Å²) >= 11 is 6.33. The molecule has 20 heavy (non-hydrogen) atoms. The second-order valence-electron chi connectivity index (χ2n) is 5.04. The van der Waals surface area contributed by atoms with Gasteiger partial charge < -0.3 is 9.64 Å². The number of carbonyl (C=O) groups is 1. The van der Waals surface area contributed by atoms with Crippen LogP contribution in [-0.4, -0.2) is 32.1 Å². The van der Waals surface area contributed by atoms with Crippen molar-refractivity contribution >= 4 is 28.8 Å². The number of nitrogens with zero attached hydrogens (tertiary/aromatic N) is 1. The zero-order chi connectivity index (χ0) is 14.5. The third kappa shape index (κ3) is 3.50. The summed E-state index contributed by atoms with van der Waals surface area (Å²) < 4.78 is 4.73. The molecule has 0 saturated heterocycles. The molecule has 2 aromatic carbocycles. The van der Waals surface area contributed by atoms with Crippen molar-refractivity contribution in [2.45, 2.75) is 13.0 Å². The lowest BCUT2D eigenvalue weighted by atomic mass is 10.0. The van der Waals surface area contributed by atoms with Crippen molar-refractivity contribution in [3.05, 3.63) is 46.5 Å². The molecule has 0 aliphatic heterocycles. The first kappa shape index (κ1) is 14.8. The van der Waals surface area contributed by atoms with Crippen LogP contribution in [-0.2, 0) is 22.5 Å². The van der Waals surface area contributed by atoms with E-state index in [2.05, 4.69) is 29.2 Å². The van der Waals surface area contributed by atoms with Gasteiger partial charge in [-0.15, -0.1) is 0 Å². The second kappa shape index (κ2) is 6.73. The number of carbonyl (C=O) groups excluding carboxylic acids is 1. The van der Waals surface area contributed by atoms with Crippen molar-refractivity contribution in [2.75, 3.05) is 20.7 Å². The van der Waals surface area contributed by atoms with E-state index in [1.807, 2.05) is 20.2 Å². The molecule has 0 amide bonds. The third-order valence-electron chi connectivity index (χ3n) is 3.18. The SMILES string of the molecule is CN(C)Cc1cccc2cc(CCOC=O)c(Cl)cc12. The van der Waals surface area contributed by atoms with Crippen molar-refractivity contribution in [3.63, 3.8) is 0 Å². The molecular weight excluding hydrogens is 274 g/mol. The maximum Gasteiger partial charge on any atom is 0.293 e. The lowest BCUT2D eigenvalue weighted by Crippen LogP contribution is -2.10. The maximum absolute atomic E-state index is 10.2. The normalized spacial score (nSPS) is 11.0. The minimum absolute atomic E-state index is 0.353. The fourth-order valence-corrected chi connectivity index (χ4v) is 2.56. The molecule has 0 aromatic heterocycles. The molecule has 2 rings (SSSR count). The Labute approximate surface area is 124 Å². The standard InChI is InChI=1S/C16H18ClNO2/c1-18(2)10-14-5-3-4-12-8-13(6-7-20-11-19)16(17)9-15(12)14/h3-5,8-9,11H,6-7,10H2,1-2H3. The molecule has 4 heteroatoms. The molecule has 2 aromatic rings. The molecule has 0 atom stereocenters. The second-order valence-corrected chi connectivity index (χ2v) is 5.44. The van der Waals surface area contributed by atoms with Gasteiger partial charge in [-0.3, -0.25) is 4.79 Å². The van der Waals surface area contributed by atoms with Crippen molar-refractivity contribution in [2.24, 2.45) is 0 Å². The maximum atomic E-state index is 10.2. The topological polar surface area (TPSA) is 29.5 Å². The van der Waals surface area contributed by atoms with E-state index in [1.54, 1.807) is 0 Å². The van der Waals surface area contributed by atoms with E-state index in [1.165, 1.54) is 10.9 Å². The molecule has 0 bridgehead atoms. The molecule has 0 spiro atoms. The predicted octanol–water partition coefficient (Wildman–Crippen LogP) is 3.27. The number of hydrogen-bond acceptors (Lipinski definition) is 3. The van der Waals surface area contributed by atoms with Gasteiger partial charge >= 0.3 is 0 Å². The first-order chi connectivity index (χ1) is 9.61. The van der Waals surface area contributed by atoms with Crippen LogP contribution >= 0.6 is 11.6 Å². The van der Waals surface area contributed by atoms with E-state index < -0.39 is 0 Å². The lowest BCUT2D eigenvalue weighted by Gasteiger charge is -2.14. The average molecular weight is 292 g/mol. The van der Waals surface area contributed by atoms with Crippen molar-refractivity contribution < 1.29 is 9.53 Å². The van der Waals surface area contributed by atoms with Gasteiger partial charge in [0, 0.05) is 18.0 Å². The summed E-state index contributed by atoms with van der Waals surface area (Å²) in [5.41, 5.74) is 2.26. The van der Waals surface area contributed by atoms with Gasteiger partial charge in [0.15, 0.2) is 0 Å². The number of hydrogen-bond donors (Lipinski definition) is 0. The zero-order valence-electron chi connectivity index (χ0n) is 11.7. The van der Waals surface area contributed by atoms with Crippen LogP contribution in [0.5, 0.6) is 0 Å². The minimum atomic E-state index is 0.353. The van der Waals surface area contributed by atoms with Crippen LogP contribution in [0.15, 0.2) is 30.3 Å². The third-order valence-corrected chi connectivity index (χ3v) is 3.53. The molecule has 106 valence electrons. The first-order valence-corrected chi connectivity index (χ1v) is 6.89. The summed E-state index contributed by atoms with van der Waals surface area (Å²) in [5, 5.41) is 3.05. The van der Waals surface area contributed by atoms with Crippen molar-refractivity contribution in [1.82, 2.24) is 4.90 Å². The van der Waals surface area contributed by atoms with Gasteiger partial charge in [0.1, 0.15) is 0 Å². The lowest BCUT2D eigenvalue weighted by molar-refractivity contribution is -0.128. The highest BCUT2D eigenvalue weighted by molar-refractivity contribution is 6.32. The Bertz CT molecular complexity index is 611. The molecule has 0 aliphatic carbocycles. The van der Waals surface area contributed by atoms with Gasteiger partial charge in [-0.2, -0.15) is 0 Å². The number of rotatable bonds is 6. The monoisotopic (exact) mass is 291 g/mol. The molecule has 0 heterocycles. The van der Waals surface area contributed by atoms with Gasteiger partial charge in [-0.05, 0) is 48.1 Å². The Morgan fingerprint density at radius 1 is 1.25 bits per heavy atom. The van der Waals surface area contributed by atoms with Gasteiger partial charge in [-0.25, -0.2) is 0 Å². The number of halogens is 1. The molecule has 0 saturated carbocycles. The fourth-order valence-electron chi connectivity index (χ4n) is 2.30. The molecular formula is C16H18ClNO2. The Morgan fingerprint density at radius 3 is 2.75 bits per heavy atom.